The second-order valence-electron chi connectivity index (χ2n) is 5.05. The first kappa shape index (κ1) is 15.0. The van der Waals surface area contributed by atoms with Crippen LogP contribution in [0.4, 0.5) is 5.69 Å². The fourth-order valence-electron chi connectivity index (χ4n) is 2.08. The van der Waals surface area contributed by atoms with E-state index in [1.807, 2.05) is 13.0 Å². The summed E-state index contributed by atoms with van der Waals surface area (Å²) >= 11 is 0. The Labute approximate surface area is 114 Å². The van der Waals surface area contributed by atoms with E-state index in [4.69, 9.17) is 10.4 Å². The van der Waals surface area contributed by atoms with Crippen LogP contribution in [0.15, 0.2) is 18.2 Å². The smallest absolute Gasteiger partial charge is 0.335 e. The lowest BCUT2D eigenvalue weighted by molar-refractivity contribution is 0.0697. The van der Waals surface area contributed by atoms with E-state index in [1.54, 1.807) is 12.1 Å². The zero-order chi connectivity index (χ0) is 14.4. The van der Waals surface area contributed by atoms with Gasteiger partial charge >= 0.3 is 5.97 Å². The number of anilines is 1. The lowest BCUT2D eigenvalue weighted by Crippen LogP contribution is -2.29. The molecule has 0 aliphatic carbocycles. The number of nitrogens with zero attached hydrogens (tertiary/aromatic N) is 2. The van der Waals surface area contributed by atoms with Gasteiger partial charge in [-0.15, -0.1) is 0 Å². The quantitative estimate of drug-likeness (QED) is 0.853. The number of hydrogen-bond acceptors (Lipinski definition) is 3. The Kier molecular flexibility index (Phi) is 5.37. The summed E-state index contributed by atoms with van der Waals surface area (Å²) in [6.07, 6.45) is 0.465. The Morgan fingerprint density at radius 3 is 2.63 bits per heavy atom. The lowest BCUT2D eigenvalue weighted by Gasteiger charge is -2.27. The van der Waals surface area contributed by atoms with Gasteiger partial charge in [0.2, 0.25) is 0 Å². The van der Waals surface area contributed by atoms with Crippen LogP contribution in [0, 0.1) is 24.2 Å². The van der Waals surface area contributed by atoms with Crippen molar-refractivity contribution in [3.63, 3.8) is 0 Å². The molecule has 0 spiro atoms. The van der Waals surface area contributed by atoms with E-state index in [9.17, 15) is 4.79 Å². The Hall–Kier alpha value is -2.02. The molecule has 0 fully saturated rings. The summed E-state index contributed by atoms with van der Waals surface area (Å²) < 4.78 is 0. The highest BCUT2D eigenvalue weighted by atomic mass is 16.4. The third-order valence-corrected chi connectivity index (χ3v) is 2.86. The van der Waals surface area contributed by atoms with Gasteiger partial charge in [0.1, 0.15) is 0 Å². The largest absolute Gasteiger partial charge is 0.478 e. The Morgan fingerprint density at radius 1 is 1.47 bits per heavy atom. The van der Waals surface area contributed by atoms with Crippen LogP contribution in [-0.2, 0) is 0 Å². The van der Waals surface area contributed by atoms with Gasteiger partial charge in [0, 0.05) is 18.8 Å². The summed E-state index contributed by atoms with van der Waals surface area (Å²) in [4.78, 5) is 13.1. The van der Waals surface area contributed by atoms with Gasteiger partial charge in [0.05, 0.1) is 18.1 Å². The second kappa shape index (κ2) is 6.79. The molecule has 0 saturated carbocycles. The number of aryl methyl sites for hydroxylation is 1. The lowest BCUT2D eigenvalue weighted by atomic mass is 10.1. The number of rotatable bonds is 6. The van der Waals surface area contributed by atoms with Crippen molar-refractivity contribution in [1.82, 2.24) is 0 Å². The zero-order valence-corrected chi connectivity index (χ0v) is 11.7. The molecule has 0 bridgehead atoms. The molecule has 0 unspecified atom stereocenters. The molecule has 4 nitrogen and oxygen atoms in total. The first-order valence-electron chi connectivity index (χ1n) is 6.41. The summed E-state index contributed by atoms with van der Waals surface area (Å²) in [5.74, 6) is -0.431. The van der Waals surface area contributed by atoms with Gasteiger partial charge in [-0.1, -0.05) is 13.8 Å². The molecule has 0 aromatic heterocycles. The maximum Gasteiger partial charge on any atom is 0.335 e. The molecule has 4 heteroatoms. The average Bonchev–Trinajstić information content (AvgIpc) is 2.34. The number of aromatic carboxylic acids is 1. The van der Waals surface area contributed by atoms with Crippen LogP contribution in [0.5, 0.6) is 0 Å². The predicted octanol–water partition coefficient (Wildman–Crippen LogP) is 3.07. The number of hydrogen-bond donors (Lipinski definition) is 1. The Balaban J connectivity index is 3.01. The highest BCUT2D eigenvalue weighted by Gasteiger charge is 2.12. The van der Waals surface area contributed by atoms with Gasteiger partial charge in [-0.05, 0) is 36.6 Å². The van der Waals surface area contributed by atoms with Crippen molar-refractivity contribution in [3.05, 3.63) is 29.3 Å². The molecule has 1 aromatic rings. The number of carboxylic acid groups (broad SMARTS) is 1. The van der Waals surface area contributed by atoms with E-state index in [2.05, 4.69) is 24.8 Å². The monoisotopic (exact) mass is 260 g/mol. The fraction of sp³-hybridized carbons (Fsp3) is 0.467. The molecule has 19 heavy (non-hydrogen) atoms. The number of carbonyl (C=O) groups is 1. The minimum Gasteiger partial charge on any atom is -0.478 e. The first-order valence-corrected chi connectivity index (χ1v) is 6.41. The second-order valence-corrected chi connectivity index (χ2v) is 5.05. The number of nitriles is 1. The van der Waals surface area contributed by atoms with Crippen molar-refractivity contribution < 1.29 is 9.90 Å². The third-order valence-electron chi connectivity index (χ3n) is 2.86. The van der Waals surface area contributed by atoms with Crippen LogP contribution >= 0.6 is 0 Å². The van der Waals surface area contributed by atoms with Crippen LogP contribution in [0.1, 0.15) is 36.2 Å². The van der Waals surface area contributed by atoms with Gasteiger partial charge in [-0.3, -0.25) is 0 Å². The number of carboxylic acids is 1. The van der Waals surface area contributed by atoms with Gasteiger partial charge in [-0.2, -0.15) is 5.26 Å². The molecule has 0 radical (unpaired) electrons. The van der Waals surface area contributed by atoms with Gasteiger partial charge in [0.15, 0.2) is 0 Å². The molecular weight excluding hydrogens is 240 g/mol. The van der Waals surface area contributed by atoms with E-state index in [-0.39, 0.29) is 0 Å². The van der Waals surface area contributed by atoms with Crippen molar-refractivity contribution in [1.29, 1.82) is 5.26 Å². The van der Waals surface area contributed by atoms with E-state index < -0.39 is 5.97 Å². The molecule has 102 valence electrons. The highest BCUT2D eigenvalue weighted by molar-refractivity contribution is 5.88. The molecule has 0 aliphatic heterocycles. The van der Waals surface area contributed by atoms with Crippen LogP contribution in [-0.4, -0.2) is 24.2 Å². The molecule has 1 rings (SSSR count). The Bertz CT molecular complexity index is 489. The average molecular weight is 260 g/mol. The molecule has 0 amide bonds. The summed E-state index contributed by atoms with van der Waals surface area (Å²) in [6, 6.07) is 7.28. The summed E-state index contributed by atoms with van der Waals surface area (Å²) in [6.45, 7) is 7.68. The summed E-state index contributed by atoms with van der Waals surface area (Å²) in [5, 5.41) is 17.7. The van der Waals surface area contributed by atoms with Crippen molar-refractivity contribution in [2.75, 3.05) is 18.0 Å². The van der Waals surface area contributed by atoms with Crippen LogP contribution in [0.25, 0.3) is 0 Å². The Morgan fingerprint density at radius 2 is 2.16 bits per heavy atom. The molecule has 0 atom stereocenters. The summed E-state index contributed by atoms with van der Waals surface area (Å²) in [7, 11) is 0. The van der Waals surface area contributed by atoms with E-state index in [0.717, 1.165) is 17.8 Å². The van der Waals surface area contributed by atoms with Crippen molar-refractivity contribution in [2.45, 2.75) is 27.2 Å². The number of benzene rings is 1. The van der Waals surface area contributed by atoms with E-state index >= 15 is 0 Å². The fourth-order valence-corrected chi connectivity index (χ4v) is 2.08. The van der Waals surface area contributed by atoms with Crippen molar-refractivity contribution >= 4 is 11.7 Å². The molecule has 0 aliphatic rings. The van der Waals surface area contributed by atoms with Crippen molar-refractivity contribution in [2.24, 2.45) is 5.92 Å². The maximum atomic E-state index is 10.9. The minimum absolute atomic E-state index is 0.297. The zero-order valence-electron chi connectivity index (χ0n) is 11.7. The third kappa shape index (κ3) is 4.29. The van der Waals surface area contributed by atoms with Crippen LogP contribution in [0.2, 0.25) is 0 Å². The van der Waals surface area contributed by atoms with Crippen molar-refractivity contribution in [3.8, 4) is 6.07 Å². The SMILES string of the molecule is Cc1cc(C(=O)O)ccc1N(CCC#N)CC(C)C. The minimum atomic E-state index is -0.915. The highest BCUT2D eigenvalue weighted by Crippen LogP contribution is 2.22. The van der Waals surface area contributed by atoms with Crippen LogP contribution < -0.4 is 4.90 Å². The molecular formula is C15H20N2O2. The first-order chi connectivity index (χ1) is 8.95. The normalized spacial score (nSPS) is 10.3. The molecule has 0 saturated heterocycles. The topological polar surface area (TPSA) is 64.3 Å². The predicted molar refractivity (Wildman–Crippen MR) is 75.4 cm³/mol. The summed E-state index contributed by atoms with van der Waals surface area (Å²) in [5.41, 5.74) is 2.23. The standard InChI is InChI=1S/C15H20N2O2/c1-11(2)10-17(8-4-7-16)14-6-5-13(15(18)19)9-12(14)3/h5-6,9,11H,4,8,10H2,1-3H3,(H,18,19). The van der Waals surface area contributed by atoms with Gasteiger partial charge in [-0.25, -0.2) is 4.79 Å². The molecule has 1 aromatic carbocycles. The van der Waals surface area contributed by atoms with Gasteiger partial charge in [0.25, 0.3) is 0 Å². The molecule has 0 heterocycles. The van der Waals surface area contributed by atoms with E-state index in [0.29, 0.717) is 24.4 Å². The van der Waals surface area contributed by atoms with E-state index in [1.165, 1.54) is 0 Å². The van der Waals surface area contributed by atoms with Crippen LogP contribution in [0.3, 0.4) is 0 Å². The molecule has 1 N–H and O–H groups in total. The maximum absolute atomic E-state index is 10.9. The van der Waals surface area contributed by atoms with Gasteiger partial charge < -0.3 is 10.0 Å².